The molecular formula is C15H20N2O2. The smallest absolute Gasteiger partial charge is 0.240 e. The Morgan fingerprint density at radius 3 is 3.05 bits per heavy atom. The third kappa shape index (κ3) is 2.73. The maximum atomic E-state index is 12.2. The van der Waals surface area contributed by atoms with Gasteiger partial charge in [0.25, 0.3) is 0 Å². The molecule has 0 aromatic heterocycles. The maximum absolute atomic E-state index is 12.2. The highest BCUT2D eigenvalue weighted by Crippen LogP contribution is 2.31. The second-order valence-corrected chi connectivity index (χ2v) is 5.36. The zero-order valence-electron chi connectivity index (χ0n) is 11.3. The molecule has 3 rings (SSSR count). The third-order valence-electron chi connectivity index (χ3n) is 3.89. The molecule has 102 valence electrons. The topological polar surface area (TPSA) is 41.6 Å². The summed E-state index contributed by atoms with van der Waals surface area (Å²) in [7, 11) is 1.67. The van der Waals surface area contributed by atoms with Gasteiger partial charge >= 0.3 is 0 Å². The SMILES string of the molecule is COc1ccc2c(c1)CCN2C(=O)CNCC1CC1. The fourth-order valence-corrected chi connectivity index (χ4v) is 2.56. The van der Waals surface area contributed by atoms with Gasteiger partial charge in [0.15, 0.2) is 0 Å². The van der Waals surface area contributed by atoms with Crippen molar-refractivity contribution >= 4 is 11.6 Å². The molecule has 1 saturated carbocycles. The number of nitrogens with zero attached hydrogens (tertiary/aromatic N) is 1. The van der Waals surface area contributed by atoms with Crippen molar-refractivity contribution in [2.24, 2.45) is 5.92 Å². The number of hydrogen-bond acceptors (Lipinski definition) is 3. The van der Waals surface area contributed by atoms with Gasteiger partial charge in [-0.25, -0.2) is 0 Å². The summed E-state index contributed by atoms with van der Waals surface area (Å²) in [6, 6.07) is 5.93. The minimum absolute atomic E-state index is 0.171. The van der Waals surface area contributed by atoms with Gasteiger partial charge in [-0.05, 0) is 55.5 Å². The van der Waals surface area contributed by atoms with Crippen LogP contribution >= 0.6 is 0 Å². The summed E-state index contributed by atoms with van der Waals surface area (Å²) in [5.74, 6) is 1.84. The van der Waals surface area contributed by atoms with E-state index in [-0.39, 0.29) is 5.91 Å². The Morgan fingerprint density at radius 2 is 2.32 bits per heavy atom. The van der Waals surface area contributed by atoms with Gasteiger partial charge < -0.3 is 15.0 Å². The molecule has 0 unspecified atom stereocenters. The van der Waals surface area contributed by atoms with Gasteiger partial charge in [-0.15, -0.1) is 0 Å². The van der Waals surface area contributed by atoms with E-state index in [4.69, 9.17) is 4.74 Å². The van der Waals surface area contributed by atoms with Crippen LogP contribution in [0, 0.1) is 5.92 Å². The molecule has 2 aliphatic rings. The van der Waals surface area contributed by atoms with Crippen molar-refractivity contribution in [3.63, 3.8) is 0 Å². The molecule has 0 spiro atoms. The third-order valence-corrected chi connectivity index (χ3v) is 3.89. The lowest BCUT2D eigenvalue weighted by Gasteiger charge is -2.18. The van der Waals surface area contributed by atoms with Crippen LogP contribution in [0.4, 0.5) is 5.69 Å². The van der Waals surface area contributed by atoms with Gasteiger partial charge in [-0.3, -0.25) is 4.79 Å². The van der Waals surface area contributed by atoms with Crippen LogP contribution in [0.5, 0.6) is 5.75 Å². The molecule has 1 amide bonds. The Bertz CT molecular complexity index is 483. The predicted octanol–water partition coefficient (Wildman–Crippen LogP) is 1.58. The first-order chi connectivity index (χ1) is 9.28. The summed E-state index contributed by atoms with van der Waals surface area (Å²) >= 11 is 0. The van der Waals surface area contributed by atoms with Crippen molar-refractivity contribution in [2.75, 3.05) is 31.6 Å². The number of nitrogens with one attached hydrogen (secondary N) is 1. The summed E-state index contributed by atoms with van der Waals surface area (Å²) in [6.45, 7) is 2.21. The summed E-state index contributed by atoms with van der Waals surface area (Å²) in [5.41, 5.74) is 2.24. The molecule has 1 heterocycles. The summed E-state index contributed by atoms with van der Waals surface area (Å²) in [4.78, 5) is 14.1. The fraction of sp³-hybridized carbons (Fsp3) is 0.533. The molecule has 0 bridgehead atoms. The Hall–Kier alpha value is -1.55. The molecule has 0 radical (unpaired) electrons. The minimum atomic E-state index is 0.171. The number of ether oxygens (including phenoxy) is 1. The van der Waals surface area contributed by atoms with Crippen LogP contribution in [0.15, 0.2) is 18.2 Å². The number of rotatable bonds is 5. The standard InChI is InChI=1S/C15H20N2O2/c1-19-13-4-5-14-12(8-13)6-7-17(14)15(18)10-16-9-11-2-3-11/h4-5,8,11,16H,2-3,6-7,9-10H2,1H3. The van der Waals surface area contributed by atoms with E-state index in [9.17, 15) is 4.79 Å². The van der Waals surface area contributed by atoms with Crippen LogP contribution in [-0.4, -0.2) is 32.7 Å². The van der Waals surface area contributed by atoms with Gasteiger partial charge in [-0.1, -0.05) is 0 Å². The van der Waals surface area contributed by atoms with Crippen LogP contribution < -0.4 is 15.0 Å². The first-order valence-corrected chi connectivity index (χ1v) is 6.96. The fourth-order valence-electron chi connectivity index (χ4n) is 2.56. The van der Waals surface area contributed by atoms with E-state index in [1.54, 1.807) is 7.11 Å². The van der Waals surface area contributed by atoms with Crippen LogP contribution in [-0.2, 0) is 11.2 Å². The summed E-state index contributed by atoms with van der Waals surface area (Å²) < 4.78 is 5.22. The highest BCUT2D eigenvalue weighted by Gasteiger charge is 2.25. The molecule has 1 N–H and O–H groups in total. The van der Waals surface area contributed by atoms with Crippen LogP contribution in [0.25, 0.3) is 0 Å². The van der Waals surface area contributed by atoms with Gasteiger partial charge in [0.05, 0.1) is 13.7 Å². The zero-order chi connectivity index (χ0) is 13.2. The largest absolute Gasteiger partial charge is 0.497 e. The van der Waals surface area contributed by atoms with E-state index in [1.807, 2.05) is 23.1 Å². The van der Waals surface area contributed by atoms with Gasteiger partial charge in [0.2, 0.25) is 5.91 Å². The number of amides is 1. The number of hydrogen-bond donors (Lipinski definition) is 1. The highest BCUT2D eigenvalue weighted by molar-refractivity contribution is 5.96. The molecule has 1 aliphatic carbocycles. The zero-order valence-corrected chi connectivity index (χ0v) is 11.3. The first-order valence-electron chi connectivity index (χ1n) is 6.96. The first kappa shape index (κ1) is 12.5. The number of carbonyl (C=O) groups excluding carboxylic acids is 1. The van der Waals surface area contributed by atoms with Crippen LogP contribution in [0.3, 0.4) is 0 Å². The van der Waals surface area contributed by atoms with E-state index in [0.29, 0.717) is 6.54 Å². The quantitative estimate of drug-likeness (QED) is 0.874. The lowest BCUT2D eigenvalue weighted by molar-refractivity contribution is -0.117. The molecule has 1 aliphatic heterocycles. The van der Waals surface area contributed by atoms with E-state index in [1.165, 1.54) is 18.4 Å². The molecule has 1 aromatic rings. The molecule has 4 heteroatoms. The number of fused-ring (bicyclic) bond motifs is 1. The molecule has 1 fully saturated rings. The minimum Gasteiger partial charge on any atom is -0.497 e. The van der Waals surface area contributed by atoms with Crippen molar-refractivity contribution in [3.8, 4) is 5.75 Å². The van der Waals surface area contributed by atoms with Gasteiger partial charge in [-0.2, -0.15) is 0 Å². The van der Waals surface area contributed by atoms with E-state index in [0.717, 1.165) is 36.9 Å². The number of anilines is 1. The molecule has 19 heavy (non-hydrogen) atoms. The van der Waals surface area contributed by atoms with Crippen molar-refractivity contribution in [1.29, 1.82) is 0 Å². The monoisotopic (exact) mass is 260 g/mol. The normalized spacial score (nSPS) is 17.4. The number of carbonyl (C=O) groups is 1. The Labute approximate surface area is 113 Å². The van der Waals surface area contributed by atoms with Gasteiger partial charge in [0, 0.05) is 12.2 Å². The molecule has 0 atom stereocenters. The number of methoxy groups -OCH3 is 1. The molecule has 1 aromatic carbocycles. The lowest BCUT2D eigenvalue weighted by atomic mass is 10.1. The highest BCUT2D eigenvalue weighted by atomic mass is 16.5. The summed E-state index contributed by atoms with van der Waals surface area (Å²) in [5, 5.41) is 3.26. The van der Waals surface area contributed by atoms with Crippen LogP contribution in [0.1, 0.15) is 18.4 Å². The lowest BCUT2D eigenvalue weighted by Crippen LogP contribution is -2.37. The van der Waals surface area contributed by atoms with Gasteiger partial charge in [0.1, 0.15) is 5.75 Å². The molecular weight excluding hydrogens is 240 g/mol. The molecule has 4 nitrogen and oxygen atoms in total. The average molecular weight is 260 g/mol. The Morgan fingerprint density at radius 1 is 1.47 bits per heavy atom. The second-order valence-electron chi connectivity index (χ2n) is 5.36. The predicted molar refractivity (Wildman–Crippen MR) is 74.6 cm³/mol. The van der Waals surface area contributed by atoms with Crippen LogP contribution in [0.2, 0.25) is 0 Å². The van der Waals surface area contributed by atoms with Crippen molar-refractivity contribution in [1.82, 2.24) is 5.32 Å². The van der Waals surface area contributed by atoms with Crippen molar-refractivity contribution in [3.05, 3.63) is 23.8 Å². The second kappa shape index (κ2) is 5.21. The Balaban J connectivity index is 1.62. The maximum Gasteiger partial charge on any atom is 0.240 e. The molecule has 0 saturated heterocycles. The summed E-state index contributed by atoms with van der Waals surface area (Å²) in [6.07, 6.45) is 3.54. The van der Waals surface area contributed by atoms with E-state index >= 15 is 0 Å². The number of benzene rings is 1. The van der Waals surface area contributed by atoms with E-state index in [2.05, 4.69) is 5.32 Å². The van der Waals surface area contributed by atoms with Crippen molar-refractivity contribution in [2.45, 2.75) is 19.3 Å². The van der Waals surface area contributed by atoms with Crippen molar-refractivity contribution < 1.29 is 9.53 Å². The Kier molecular flexibility index (Phi) is 3.42. The van der Waals surface area contributed by atoms with E-state index < -0.39 is 0 Å². The average Bonchev–Trinajstić information content (AvgIpc) is 3.15.